The maximum atomic E-state index is 3.64. The first-order valence-electron chi connectivity index (χ1n) is 7.20. The molecule has 2 nitrogen and oxygen atoms in total. The summed E-state index contributed by atoms with van der Waals surface area (Å²) in [7, 11) is 2.09. The molecule has 0 amide bonds. The molecule has 1 heterocycles. The lowest BCUT2D eigenvalue weighted by atomic mass is 9.86. The van der Waals surface area contributed by atoms with E-state index in [1.807, 2.05) is 11.3 Å². The minimum atomic E-state index is 0.773. The van der Waals surface area contributed by atoms with E-state index >= 15 is 0 Å². The second-order valence-corrected chi connectivity index (χ2v) is 6.49. The van der Waals surface area contributed by atoms with Gasteiger partial charge in [-0.05, 0) is 82.1 Å². The molecule has 0 spiro atoms. The molecule has 0 radical (unpaired) electrons. The molecule has 1 saturated carbocycles. The Morgan fingerprint density at radius 1 is 1.28 bits per heavy atom. The summed E-state index contributed by atoms with van der Waals surface area (Å²) in [5.74, 6) is 0.902. The molecule has 1 aliphatic rings. The van der Waals surface area contributed by atoms with Crippen LogP contribution < -0.4 is 10.6 Å². The van der Waals surface area contributed by atoms with E-state index in [-0.39, 0.29) is 0 Å². The third kappa shape index (κ3) is 4.08. The number of hydrogen-bond donors (Lipinski definition) is 2. The lowest BCUT2D eigenvalue weighted by Crippen LogP contribution is -2.34. The maximum Gasteiger partial charge on any atom is 0.00870 e. The van der Waals surface area contributed by atoms with Gasteiger partial charge < -0.3 is 10.6 Å². The topological polar surface area (TPSA) is 24.1 Å². The predicted molar refractivity (Wildman–Crippen MR) is 80.4 cm³/mol. The molecule has 0 bridgehead atoms. The van der Waals surface area contributed by atoms with Crippen LogP contribution in [0.3, 0.4) is 0 Å². The minimum Gasteiger partial charge on any atom is -0.317 e. The fourth-order valence-electron chi connectivity index (χ4n) is 2.82. The summed E-state index contributed by atoms with van der Waals surface area (Å²) in [4.78, 5) is 1.54. The molecule has 1 aromatic heterocycles. The molecule has 18 heavy (non-hydrogen) atoms. The van der Waals surface area contributed by atoms with Crippen molar-refractivity contribution in [1.29, 1.82) is 0 Å². The largest absolute Gasteiger partial charge is 0.317 e. The Labute approximate surface area is 115 Å². The van der Waals surface area contributed by atoms with Crippen molar-refractivity contribution in [1.82, 2.24) is 10.6 Å². The van der Waals surface area contributed by atoms with Crippen LogP contribution in [0.4, 0.5) is 0 Å². The fraction of sp³-hybridized carbons (Fsp3) is 0.733. The highest BCUT2D eigenvalue weighted by atomic mass is 32.1. The highest BCUT2D eigenvalue weighted by Gasteiger charge is 2.19. The number of thiophene rings is 1. The van der Waals surface area contributed by atoms with Crippen LogP contribution in [0.25, 0.3) is 0 Å². The molecule has 0 aromatic carbocycles. The van der Waals surface area contributed by atoms with Crippen LogP contribution >= 0.6 is 11.3 Å². The van der Waals surface area contributed by atoms with Gasteiger partial charge in [-0.3, -0.25) is 0 Å². The van der Waals surface area contributed by atoms with Crippen LogP contribution in [0, 0.1) is 12.8 Å². The summed E-state index contributed by atoms with van der Waals surface area (Å²) < 4.78 is 0. The Kier molecular flexibility index (Phi) is 5.67. The molecule has 1 fully saturated rings. The minimum absolute atomic E-state index is 0.773. The first-order valence-corrected chi connectivity index (χ1v) is 8.08. The van der Waals surface area contributed by atoms with E-state index in [1.54, 1.807) is 4.88 Å². The summed E-state index contributed by atoms with van der Waals surface area (Å²) in [5, 5.41) is 9.24. The fourth-order valence-corrected chi connectivity index (χ4v) is 3.73. The number of rotatable bonds is 6. The van der Waals surface area contributed by atoms with Crippen molar-refractivity contribution in [2.75, 3.05) is 20.1 Å². The van der Waals surface area contributed by atoms with Crippen molar-refractivity contribution >= 4 is 11.3 Å². The SMILES string of the molecule is CNC1CCC(CNCCc2sccc2C)CC1. The molecule has 1 aliphatic carbocycles. The predicted octanol–water partition coefficient (Wildman–Crippen LogP) is 2.97. The Morgan fingerprint density at radius 2 is 2.06 bits per heavy atom. The van der Waals surface area contributed by atoms with Gasteiger partial charge in [0.05, 0.1) is 0 Å². The van der Waals surface area contributed by atoms with Crippen LogP contribution in [-0.2, 0) is 6.42 Å². The Bertz CT molecular complexity index is 340. The second kappa shape index (κ2) is 7.27. The third-order valence-electron chi connectivity index (χ3n) is 4.19. The molecule has 1 aromatic rings. The summed E-state index contributed by atoms with van der Waals surface area (Å²) in [6.45, 7) is 4.55. The molecule has 0 aliphatic heterocycles. The van der Waals surface area contributed by atoms with Crippen LogP contribution in [0.15, 0.2) is 11.4 Å². The van der Waals surface area contributed by atoms with Gasteiger partial charge in [-0.1, -0.05) is 0 Å². The molecule has 2 N–H and O–H groups in total. The van der Waals surface area contributed by atoms with Crippen molar-refractivity contribution in [3.05, 3.63) is 21.9 Å². The van der Waals surface area contributed by atoms with Gasteiger partial charge in [0.1, 0.15) is 0 Å². The van der Waals surface area contributed by atoms with Crippen LogP contribution in [0.5, 0.6) is 0 Å². The Balaban J connectivity index is 1.58. The zero-order valence-corrected chi connectivity index (χ0v) is 12.5. The van der Waals surface area contributed by atoms with E-state index in [0.717, 1.165) is 18.5 Å². The van der Waals surface area contributed by atoms with Crippen molar-refractivity contribution in [3.63, 3.8) is 0 Å². The van der Waals surface area contributed by atoms with Crippen molar-refractivity contribution in [3.8, 4) is 0 Å². The van der Waals surface area contributed by atoms with E-state index in [9.17, 15) is 0 Å². The quantitative estimate of drug-likeness (QED) is 0.774. The van der Waals surface area contributed by atoms with Gasteiger partial charge in [0, 0.05) is 10.9 Å². The van der Waals surface area contributed by atoms with E-state index in [2.05, 4.69) is 36.1 Å². The molecule has 3 heteroatoms. The van der Waals surface area contributed by atoms with Crippen molar-refractivity contribution in [2.24, 2.45) is 5.92 Å². The molecular formula is C15H26N2S. The van der Waals surface area contributed by atoms with Crippen LogP contribution in [0.1, 0.15) is 36.1 Å². The van der Waals surface area contributed by atoms with Gasteiger partial charge in [0.25, 0.3) is 0 Å². The average molecular weight is 266 g/mol. The van der Waals surface area contributed by atoms with E-state index in [0.29, 0.717) is 0 Å². The van der Waals surface area contributed by atoms with Crippen LogP contribution in [-0.4, -0.2) is 26.2 Å². The van der Waals surface area contributed by atoms with E-state index < -0.39 is 0 Å². The van der Waals surface area contributed by atoms with Crippen molar-refractivity contribution in [2.45, 2.75) is 45.1 Å². The van der Waals surface area contributed by atoms with Gasteiger partial charge in [-0.15, -0.1) is 11.3 Å². The first kappa shape index (κ1) is 14.0. The zero-order chi connectivity index (χ0) is 12.8. The first-order chi connectivity index (χ1) is 8.79. The lowest BCUT2D eigenvalue weighted by Gasteiger charge is -2.28. The molecule has 0 saturated heterocycles. The number of nitrogens with one attached hydrogen (secondary N) is 2. The molecule has 2 rings (SSSR count). The van der Waals surface area contributed by atoms with E-state index in [4.69, 9.17) is 0 Å². The number of aryl methyl sites for hydroxylation is 1. The summed E-state index contributed by atoms with van der Waals surface area (Å²) in [6, 6.07) is 2.99. The van der Waals surface area contributed by atoms with Crippen LogP contribution in [0.2, 0.25) is 0 Å². The Hall–Kier alpha value is -0.380. The molecular weight excluding hydrogens is 240 g/mol. The summed E-state index contributed by atoms with van der Waals surface area (Å²) >= 11 is 1.89. The van der Waals surface area contributed by atoms with Gasteiger partial charge >= 0.3 is 0 Å². The Morgan fingerprint density at radius 3 is 2.67 bits per heavy atom. The molecule has 0 unspecified atom stereocenters. The number of hydrogen-bond acceptors (Lipinski definition) is 3. The zero-order valence-electron chi connectivity index (χ0n) is 11.7. The maximum absolute atomic E-state index is 3.64. The molecule has 0 atom stereocenters. The average Bonchev–Trinajstić information content (AvgIpc) is 2.81. The van der Waals surface area contributed by atoms with Gasteiger partial charge in [0.15, 0.2) is 0 Å². The normalized spacial score (nSPS) is 24.3. The van der Waals surface area contributed by atoms with Gasteiger partial charge in [0.2, 0.25) is 0 Å². The summed E-state index contributed by atoms with van der Waals surface area (Å²) in [6.07, 6.45) is 6.67. The van der Waals surface area contributed by atoms with Crippen molar-refractivity contribution < 1.29 is 0 Å². The van der Waals surface area contributed by atoms with Gasteiger partial charge in [-0.2, -0.15) is 0 Å². The smallest absolute Gasteiger partial charge is 0.00870 e. The monoisotopic (exact) mass is 266 g/mol. The summed E-state index contributed by atoms with van der Waals surface area (Å²) in [5.41, 5.74) is 1.45. The lowest BCUT2D eigenvalue weighted by molar-refractivity contribution is 0.293. The third-order valence-corrected chi connectivity index (χ3v) is 5.27. The van der Waals surface area contributed by atoms with Gasteiger partial charge in [-0.25, -0.2) is 0 Å². The highest BCUT2D eigenvalue weighted by molar-refractivity contribution is 7.10. The molecule has 102 valence electrons. The van der Waals surface area contributed by atoms with E-state index in [1.165, 1.54) is 44.2 Å². The second-order valence-electron chi connectivity index (χ2n) is 5.49. The standard InChI is InChI=1S/C15H26N2S/c1-12-8-10-18-15(12)7-9-17-11-13-3-5-14(16-2)6-4-13/h8,10,13-14,16-17H,3-7,9,11H2,1-2H3. The highest BCUT2D eigenvalue weighted by Crippen LogP contribution is 2.23.